The first-order valence-corrected chi connectivity index (χ1v) is 7.17. The van der Waals surface area contributed by atoms with E-state index in [9.17, 15) is 14.7 Å². The summed E-state index contributed by atoms with van der Waals surface area (Å²) in [6, 6.07) is 6.20. The maximum Gasteiger partial charge on any atom is 0.335 e. The maximum absolute atomic E-state index is 12.1. The fourth-order valence-electron chi connectivity index (χ4n) is 2.48. The number of amides is 1. The molecule has 0 aliphatic carbocycles. The average molecular weight is 312 g/mol. The molecule has 0 bridgehead atoms. The molecule has 5 nitrogen and oxygen atoms in total. The second kappa shape index (κ2) is 6.45. The van der Waals surface area contributed by atoms with Crippen LogP contribution in [-0.2, 0) is 14.3 Å². The molecule has 0 aromatic heterocycles. The molecule has 2 unspecified atom stereocenters. The van der Waals surface area contributed by atoms with Crippen molar-refractivity contribution in [3.63, 3.8) is 0 Å². The molecule has 21 heavy (non-hydrogen) atoms. The molecule has 1 aromatic rings. The predicted octanol–water partition coefficient (Wildman–Crippen LogP) is 2.35. The third kappa shape index (κ3) is 3.54. The Morgan fingerprint density at radius 1 is 1.43 bits per heavy atom. The summed E-state index contributed by atoms with van der Waals surface area (Å²) in [6.45, 7) is 4.25. The lowest BCUT2D eigenvalue weighted by atomic mass is 9.96. The molecule has 1 fully saturated rings. The minimum Gasteiger partial charge on any atom is -0.479 e. The number of benzene rings is 1. The van der Waals surface area contributed by atoms with Crippen LogP contribution in [0.4, 0.5) is 0 Å². The van der Waals surface area contributed by atoms with Gasteiger partial charge in [-0.05, 0) is 23.6 Å². The van der Waals surface area contributed by atoms with Crippen LogP contribution in [0.3, 0.4) is 0 Å². The fourth-order valence-corrected chi connectivity index (χ4v) is 2.61. The SMILES string of the molecule is CC(C)CN1C(=O)COC(C(=O)O)C1c1ccc(Cl)cc1. The van der Waals surface area contributed by atoms with Gasteiger partial charge in [-0.2, -0.15) is 0 Å². The molecule has 1 N–H and O–H groups in total. The summed E-state index contributed by atoms with van der Waals surface area (Å²) in [5.41, 5.74) is 0.709. The predicted molar refractivity (Wildman–Crippen MR) is 78.1 cm³/mol. The van der Waals surface area contributed by atoms with Gasteiger partial charge in [0.2, 0.25) is 5.91 Å². The van der Waals surface area contributed by atoms with E-state index in [1.807, 2.05) is 13.8 Å². The fraction of sp³-hybridized carbons (Fsp3) is 0.467. The first-order valence-electron chi connectivity index (χ1n) is 6.79. The van der Waals surface area contributed by atoms with Gasteiger partial charge in [0.25, 0.3) is 0 Å². The zero-order valence-corrected chi connectivity index (χ0v) is 12.7. The number of carboxylic acid groups (broad SMARTS) is 1. The van der Waals surface area contributed by atoms with Crippen LogP contribution < -0.4 is 0 Å². The molecule has 0 saturated carbocycles. The van der Waals surface area contributed by atoms with Crippen LogP contribution >= 0.6 is 11.6 Å². The zero-order valence-electron chi connectivity index (χ0n) is 12.0. The summed E-state index contributed by atoms with van der Waals surface area (Å²) in [6.07, 6.45) is -1.07. The molecule has 1 aliphatic rings. The van der Waals surface area contributed by atoms with Crippen molar-refractivity contribution in [2.45, 2.75) is 26.0 Å². The Morgan fingerprint density at radius 2 is 2.05 bits per heavy atom. The van der Waals surface area contributed by atoms with Crippen molar-refractivity contribution in [1.82, 2.24) is 4.90 Å². The lowest BCUT2D eigenvalue weighted by Crippen LogP contribution is -2.52. The number of ether oxygens (including phenoxy) is 1. The third-order valence-corrected chi connectivity index (χ3v) is 3.60. The van der Waals surface area contributed by atoms with Gasteiger partial charge >= 0.3 is 5.97 Å². The van der Waals surface area contributed by atoms with E-state index >= 15 is 0 Å². The summed E-state index contributed by atoms with van der Waals surface area (Å²) in [5, 5.41) is 9.93. The number of morpholine rings is 1. The van der Waals surface area contributed by atoms with Gasteiger partial charge in [0.15, 0.2) is 6.10 Å². The second-order valence-electron chi connectivity index (χ2n) is 5.51. The maximum atomic E-state index is 12.1. The molecule has 2 atom stereocenters. The van der Waals surface area contributed by atoms with Crippen molar-refractivity contribution >= 4 is 23.5 Å². The summed E-state index contributed by atoms with van der Waals surface area (Å²) in [5.74, 6) is -1.03. The summed E-state index contributed by atoms with van der Waals surface area (Å²) >= 11 is 5.87. The molecule has 1 heterocycles. The Balaban J connectivity index is 2.40. The molecule has 1 saturated heterocycles. The second-order valence-corrected chi connectivity index (χ2v) is 5.94. The van der Waals surface area contributed by atoms with Crippen molar-refractivity contribution in [2.75, 3.05) is 13.2 Å². The molecular formula is C15H18ClNO4. The number of hydrogen-bond donors (Lipinski definition) is 1. The largest absolute Gasteiger partial charge is 0.479 e. The van der Waals surface area contributed by atoms with Crippen LogP contribution in [-0.4, -0.2) is 41.1 Å². The molecule has 6 heteroatoms. The first-order chi connectivity index (χ1) is 9.90. The van der Waals surface area contributed by atoms with Gasteiger partial charge in [-0.15, -0.1) is 0 Å². The lowest BCUT2D eigenvalue weighted by molar-refractivity contribution is -0.173. The minimum absolute atomic E-state index is 0.193. The van der Waals surface area contributed by atoms with Crippen LogP contribution in [0.25, 0.3) is 0 Å². The molecule has 1 aliphatic heterocycles. The Morgan fingerprint density at radius 3 is 2.57 bits per heavy atom. The van der Waals surface area contributed by atoms with Crippen LogP contribution in [0, 0.1) is 5.92 Å². The number of carbonyl (C=O) groups is 2. The molecule has 0 radical (unpaired) electrons. The molecular weight excluding hydrogens is 294 g/mol. The van der Waals surface area contributed by atoms with Gasteiger partial charge in [-0.3, -0.25) is 4.79 Å². The van der Waals surface area contributed by atoms with E-state index in [1.54, 1.807) is 29.2 Å². The van der Waals surface area contributed by atoms with Gasteiger partial charge in [0.1, 0.15) is 6.61 Å². The number of carbonyl (C=O) groups excluding carboxylic acids is 1. The number of hydrogen-bond acceptors (Lipinski definition) is 3. The Hall–Kier alpha value is -1.59. The van der Waals surface area contributed by atoms with E-state index in [4.69, 9.17) is 16.3 Å². The molecule has 2 rings (SSSR count). The van der Waals surface area contributed by atoms with E-state index in [1.165, 1.54) is 0 Å². The highest BCUT2D eigenvalue weighted by Crippen LogP contribution is 2.31. The van der Waals surface area contributed by atoms with E-state index in [2.05, 4.69) is 0 Å². The smallest absolute Gasteiger partial charge is 0.335 e. The standard InChI is InChI=1S/C15H18ClNO4/c1-9(2)7-17-12(18)8-21-14(15(19)20)13(17)10-3-5-11(16)6-4-10/h3-6,9,13-14H,7-8H2,1-2H3,(H,19,20). The topological polar surface area (TPSA) is 66.8 Å². The highest BCUT2D eigenvalue weighted by atomic mass is 35.5. The molecule has 114 valence electrons. The van der Waals surface area contributed by atoms with Crippen LogP contribution in [0.1, 0.15) is 25.5 Å². The van der Waals surface area contributed by atoms with Gasteiger partial charge in [-0.25, -0.2) is 4.79 Å². The van der Waals surface area contributed by atoms with Crippen molar-refractivity contribution in [3.8, 4) is 0 Å². The van der Waals surface area contributed by atoms with Crippen LogP contribution in [0.5, 0.6) is 0 Å². The summed E-state index contributed by atoms with van der Waals surface area (Å²) in [7, 11) is 0. The third-order valence-electron chi connectivity index (χ3n) is 3.35. The van der Waals surface area contributed by atoms with E-state index in [-0.39, 0.29) is 18.4 Å². The van der Waals surface area contributed by atoms with E-state index in [0.29, 0.717) is 17.1 Å². The highest BCUT2D eigenvalue weighted by molar-refractivity contribution is 6.30. The quantitative estimate of drug-likeness (QED) is 0.927. The molecule has 1 amide bonds. The van der Waals surface area contributed by atoms with Crippen molar-refractivity contribution < 1.29 is 19.4 Å². The molecule has 0 spiro atoms. The summed E-state index contributed by atoms with van der Waals surface area (Å²) in [4.78, 5) is 25.2. The van der Waals surface area contributed by atoms with Gasteiger partial charge in [0, 0.05) is 11.6 Å². The number of aliphatic carboxylic acids is 1. The summed E-state index contributed by atoms with van der Waals surface area (Å²) < 4.78 is 5.24. The van der Waals surface area contributed by atoms with Crippen molar-refractivity contribution in [1.29, 1.82) is 0 Å². The monoisotopic (exact) mass is 311 g/mol. The number of rotatable bonds is 4. The van der Waals surface area contributed by atoms with Gasteiger partial charge in [0.05, 0.1) is 6.04 Å². The number of carboxylic acids is 1. The Bertz CT molecular complexity index is 529. The number of nitrogens with zero attached hydrogens (tertiary/aromatic N) is 1. The van der Waals surface area contributed by atoms with Crippen LogP contribution in [0.15, 0.2) is 24.3 Å². The van der Waals surface area contributed by atoms with Crippen LogP contribution in [0.2, 0.25) is 5.02 Å². The normalized spacial score (nSPS) is 22.7. The van der Waals surface area contributed by atoms with E-state index in [0.717, 1.165) is 0 Å². The van der Waals surface area contributed by atoms with E-state index < -0.39 is 18.1 Å². The number of halogens is 1. The van der Waals surface area contributed by atoms with Gasteiger partial charge in [-0.1, -0.05) is 37.6 Å². The minimum atomic E-state index is -1.07. The highest BCUT2D eigenvalue weighted by Gasteiger charge is 2.41. The Labute approximate surface area is 128 Å². The van der Waals surface area contributed by atoms with Crippen molar-refractivity contribution in [3.05, 3.63) is 34.9 Å². The lowest BCUT2D eigenvalue weighted by Gasteiger charge is -2.40. The molecule has 1 aromatic carbocycles. The first kappa shape index (κ1) is 15.8. The van der Waals surface area contributed by atoms with Gasteiger partial charge < -0.3 is 14.7 Å². The Kier molecular flexibility index (Phi) is 4.85. The van der Waals surface area contributed by atoms with Crippen molar-refractivity contribution in [2.24, 2.45) is 5.92 Å². The average Bonchev–Trinajstić information content (AvgIpc) is 2.41. The zero-order chi connectivity index (χ0) is 15.6.